The fourth-order valence-electron chi connectivity index (χ4n) is 4.69. The number of guanidine groups is 1. The Bertz CT molecular complexity index is 996. The van der Waals surface area contributed by atoms with Gasteiger partial charge in [0.2, 0.25) is 0 Å². The topological polar surface area (TPSA) is 75.8 Å². The van der Waals surface area contributed by atoms with Gasteiger partial charge in [0.25, 0.3) is 5.91 Å². The van der Waals surface area contributed by atoms with E-state index in [-0.39, 0.29) is 5.91 Å². The number of hydrogen-bond acceptors (Lipinski definition) is 4. The number of unbranched alkanes of at least 4 members (excludes halogenated alkanes) is 2. The Kier molecular flexibility index (Phi) is 6.21. The lowest BCUT2D eigenvalue weighted by atomic mass is 9.92. The van der Waals surface area contributed by atoms with Gasteiger partial charge in [-0.2, -0.15) is 0 Å². The Hall–Kier alpha value is -2.95. The molecule has 2 aliphatic rings. The molecule has 1 unspecified atom stereocenters. The molecule has 1 amide bonds. The van der Waals surface area contributed by atoms with Gasteiger partial charge in [-0.1, -0.05) is 68.3 Å². The number of aryl methyl sites for hydroxylation is 2. The minimum Gasteiger partial charge on any atom is -0.369 e. The summed E-state index contributed by atoms with van der Waals surface area (Å²) < 4.78 is 0. The second-order valence-electron chi connectivity index (χ2n) is 8.69. The van der Waals surface area contributed by atoms with Crippen molar-refractivity contribution in [2.24, 2.45) is 10.7 Å². The summed E-state index contributed by atoms with van der Waals surface area (Å²) in [5.41, 5.74) is 9.68. The second kappa shape index (κ2) is 9.04. The van der Waals surface area contributed by atoms with E-state index >= 15 is 0 Å². The number of rotatable bonds is 9. The van der Waals surface area contributed by atoms with Gasteiger partial charge in [0.15, 0.2) is 11.5 Å². The molecular weight excluding hydrogens is 386 g/mol. The van der Waals surface area contributed by atoms with Gasteiger partial charge in [0, 0.05) is 12.8 Å². The van der Waals surface area contributed by atoms with Crippen LogP contribution in [0.1, 0.15) is 67.7 Å². The third-order valence-corrected chi connectivity index (χ3v) is 6.52. The molecule has 162 valence electrons. The average molecular weight is 418 g/mol. The molecule has 1 aliphatic heterocycles. The summed E-state index contributed by atoms with van der Waals surface area (Å²) in [6, 6.07) is 16.2. The van der Waals surface area contributed by atoms with E-state index in [1.807, 2.05) is 42.5 Å². The molecule has 31 heavy (non-hydrogen) atoms. The van der Waals surface area contributed by atoms with Crippen molar-refractivity contribution in [3.63, 3.8) is 0 Å². The van der Waals surface area contributed by atoms with E-state index in [1.165, 1.54) is 5.56 Å². The van der Waals surface area contributed by atoms with Gasteiger partial charge >= 0.3 is 0 Å². The first kappa shape index (κ1) is 21.3. The number of fused-ring (bicyclic) bond motifs is 2. The first-order chi connectivity index (χ1) is 15.0. The molecule has 0 radical (unpaired) electrons. The van der Waals surface area contributed by atoms with Crippen LogP contribution in [0.4, 0.5) is 0 Å². The van der Waals surface area contributed by atoms with Gasteiger partial charge in [-0.15, -0.1) is 0 Å². The molecule has 5 heteroatoms. The van der Waals surface area contributed by atoms with Crippen molar-refractivity contribution in [2.45, 2.75) is 70.4 Å². The summed E-state index contributed by atoms with van der Waals surface area (Å²) in [6.45, 7) is 2.56. The van der Waals surface area contributed by atoms with Crippen molar-refractivity contribution in [1.82, 2.24) is 4.90 Å². The highest BCUT2D eigenvalue weighted by molar-refractivity contribution is 6.07. The van der Waals surface area contributed by atoms with Crippen LogP contribution in [0.5, 0.6) is 0 Å². The molecule has 0 saturated carbocycles. The molecule has 2 aromatic carbocycles. The molecule has 1 spiro atoms. The predicted octanol–water partition coefficient (Wildman–Crippen LogP) is 4.27. The van der Waals surface area contributed by atoms with Gasteiger partial charge in [-0.05, 0) is 47.9 Å². The van der Waals surface area contributed by atoms with E-state index in [1.54, 1.807) is 4.90 Å². The first-order valence-electron chi connectivity index (χ1n) is 11.4. The van der Waals surface area contributed by atoms with Crippen LogP contribution in [-0.2, 0) is 34.5 Å². The number of nitrogens with two attached hydrogens (primary N) is 1. The fourth-order valence-corrected chi connectivity index (χ4v) is 4.69. The number of aliphatic imine (C=N–C) groups is 1. The summed E-state index contributed by atoms with van der Waals surface area (Å²) in [5.74, 6) is 0.603. The maximum atomic E-state index is 13.4. The Morgan fingerprint density at radius 3 is 2.58 bits per heavy atom. The molecule has 1 atom stereocenters. The van der Waals surface area contributed by atoms with E-state index in [9.17, 15) is 9.59 Å². The quantitative estimate of drug-likeness (QED) is 0.619. The van der Waals surface area contributed by atoms with Crippen molar-refractivity contribution >= 4 is 17.6 Å². The van der Waals surface area contributed by atoms with Gasteiger partial charge in [-0.3, -0.25) is 14.5 Å². The molecule has 4 rings (SSSR count). The Morgan fingerprint density at radius 1 is 1.06 bits per heavy atom. The lowest BCUT2D eigenvalue weighted by Gasteiger charge is -2.22. The maximum absolute atomic E-state index is 13.4. The minimum atomic E-state index is -0.848. The molecule has 0 saturated heterocycles. The maximum Gasteiger partial charge on any atom is 0.262 e. The number of hydrogen-bond donors (Lipinski definition) is 1. The zero-order valence-electron chi connectivity index (χ0n) is 18.3. The number of ketones is 1. The minimum absolute atomic E-state index is 0.0308. The van der Waals surface area contributed by atoms with Crippen LogP contribution in [0, 0.1) is 0 Å². The molecular formula is C26H31N3O2. The predicted molar refractivity (Wildman–Crippen MR) is 123 cm³/mol. The number of amides is 1. The van der Waals surface area contributed by atoms with Crippen LogP contribution >= 0.6 is 0 Å². The van der Waals surface area contributed by atoms with Crippen LogP contribution in [-0.4, -0.2) is 22.5 Å². The molecule has 0 aromatic heterocycles. The Labute approximate surface area is 184 Å². The highest BCUT2D eigenvalue weighted by atomic mass is 16.2. The van der Waals surface area contributed by atoms with Gasteiger partial charge in [0.05, 0.1) is 6.54 Å². The summed E-state index contributed by atoms with van der Waals surface area (Å²) >= 11 is 0. The van der Waals surface area contributed by atoms with E-state index in [2.05, 4.69) is 18.0 Å². The largest absolute Gasteiger partial charge is 0.369 e. The SMILES string of the molecule is CCCCCC(=O)CCc1ccc(CN2C(=O)C3(CCc4ccccc43)N=C2N)cc1. The summed E-state index contributed by atoms with van der Waals surface area (Å²) in [7, 11) is 0. The Balaban J connectivity index is 1.38. The lowest BCUT2D eigenvalue weighted by molar-refractivity contribution is -0.132. The van der Waals surface area contributed by atoms with Crippen molar-refractivity contribution in [3.8, 4) is 0 Å². The zero-order chi connectivity index (χ0) is 21.8. The molecule has 1 heterocycles. The first-order valence-corrected chi connectivity index (χ1v) is 11.4. The molecule has 2 aromatic rings. The highest BCUT2D eigenvalue weighted by Crippen LogP contribution is 2.44. The highest BCUT2D eigenvalue weighted by Gasteiger charge is 2.52. The van der Waals surface area contributed by atoms with E-state index in [0.29, 0.717) is 37.6 Å². The van der Waals surface area contributed by atoms with Gasteiger partial charge in [0.1, 0.15) is 5.78 Å². The van der Waals surface area contributed by atoms with Crippen LogP contribution in [0.2, 0.25) is 0 Å². The van der Waals surface area contributed by atoms with Gasteiger partial charge in [-0.25, -0.2) is 4.99 Å². The van der Waals surface area contributed by atoms with E-state index < -0.39 is 5.54 Å². The number of nitrogens with zero attached hydrogens (tertiary/aromatic N) is 2. The third kappa shape index (κ3) is 4.27. The zero-order valence-corrected chi connectivity index (χ0v) is 18.3. The normalized spacial score (nSPS) is 19.7. The van der Waals surface area contributed by atoms with E-state index in [4.69, 9.17) is 5.73 Å². The number of carbonyl (C=O) groups is 2. The average Bonchev–Trinajstić information content (AvgIpc) is 3.26. The van der Waals surface area contributed by atoms with Crippen molar-refractivity contribution in [2.75, 3.05) is 0 Å². The third-order valence-electron chi connectivity index (χ3n) is 6.52. The van der Waals surface area contributed by atoms with Crippen molar-refractivity contribution < 1.29 is 9.59 Å². The standard InChI is InChI=1S/C26H31N3O2/c1-2-3-4-8-22(30)15-14-19-10-12-20(13-11-19)18-29-24(31)26(28-25(29)27)17-16-21-7-5-6-9-23(21)26/h5-7,9-13H,2-4,8,14-18H2,1H3,(H2,27,28). The smallest absolute Gasteiger partial charge is 0.262 e. The number of benzene rings is 2. The van der Waals surface area contributed by atoms with Gasteiger partial charge < -0.3 is 5.73 Å². The second-order valence-corrected chi connectivity index (χ2v) is 8.69. The molecule has 2 N–H and O–H groups in total. The number of carbonyl (C=O) groups excluding carboxylic acids is 2. The van der Waals surface area contributed by atoms with E-state index in [0.717, 1.165) is 48.8 Å². The summed E-state index contributed by atoms with van der Waals surface area (Å²) in [5, 5.41) is 0. The summed E-state index contributed by atoms with van der Waals surface area (Å²) in [6.07, 6.45) is 6.81. The Morgan fingerprint density at radius 2 is 1.81 bits per heavy atom. The summed E-state index contributed by atoms with van der Waals surface area (Å²) in [4.78, 5) is 31.6. The number of Topliss-reactive ketones (excluding diaryl/α,β-unsaturated/α-hetero) is 1. The van der Waals surface area contributed by atoms with Crippen LogP contribution in [0.25, 0.3) is 0 Å². The molecule has 0 fully saturated rings. The lowest BCUT2D eigenvalue weighted by Crippen LogP contribution is -2.41. The molecule has 1 aliphatic carbocycles. The van der Waals surface area contributed by atoms with Crippen molar-refractivity contribution in [1.29, 1.82) is 0 Å². The molecule has 5 nitrogen and oxygen atoms in total. The van der Waals surface area contributed by atoms with Crippen LogP contribution in [0.3, 0.4) is 0 Å². The van der Waals surface area contributed by atoms with Crippen molar-refractivity contribution in [3.05, 3.63) is 70.8 Å². The molecule has 0 bridgehead atoms. The monoisotopic (exact) mass is 417 g/mol. The van der Waals surface area contributed by atoms with Crippen LogP contribution < -0.4 is 5.73 Å². The van der Waals surface area contributed by atoms with Crippen LogP contribution in [0.15, 0.2) is 53.5 Å². The fraction of sp³-hybridized carbons (Fsp3) is 0.423.